The first kappa shape index (κ1) is 16.0. The predicted octanol–water partition coefficient (Wildman–Crippen LogP) is 3.82. The number of nitrogens with zero attached hydrogens (tertiary/aromatic N) is 4. The second kappa shape index (κ2) is 7.15. The maximum atomic E-state index is 5.94. The van der Waals surface area contributed by atoms with Crippen molar-refractivity contribution in [3.63, 3.8) is 0 Å². The second-order valence-electron chi connectivity index (χ2n) is 6.75. The molecule has 1 aliphatic heterocycles. The third-order valence-corrected chi connectivity index (χ3v) is 4.69. The van der Waals surface area contributed by atoms with Gasteiger partial charge in [0.25, 0.3) is 0 Å². The van der Waals surface area contributed by atoms with Crippen molar-refractivity contribution in [1.82, 2.24) is 20.1 Å². The molecule has 25 heavy (non-hydrogen) atoms. The molecular weight excluding hydrogens is 312 g/mol. The third kappa shape index (κ3) is 3.77. The number of aryl methyl sites for hydroxylation is 1. The fourth-order valence-electron chi connectivity index (χ4n) is 3.47. The summed E-state index contributed by atoms with van der Waals surface area (Å²) < 4.78 is 5.94. The summed E-state index contributed by atoms with van der Waals surface area (Å²) in [5.41, 5.74) is 3.54. The molecule has 0 amide bonds. The molecule has 1 saturated heterocycles. The number of rotatable bonds is 4. The lowest BCUT2D eigenvalue weighted by Crippen LogP contribution is -2.34. The SMILES string of the molecule is Cc1cccc(CN2CCC[C@@H](c3nnc(-c4cccnc4)o3)C2)c1. The summed E-state index contributed by atoms with van der Waals surface area (Å²) in [6, 6.07) is 12.5. The van der Waals surface area contributed by atoms with Gasteiger partial charge in [-0.3, -0.25) is 9.88 Å². The highest BCUT2D eigenvalue weighted by Gasteiger charge is 2.26. The van der Waals surface area contributed by atoms with Crippen LogP contribution in [0.3, 0.4) is 0 Å². The Balaban J connectivity index is 1.45. The Kier molecular flexibility index (Phi) is 4.57. The zero-order valence-corrected chi connectivity index (χ0v) is 14.4. The highest BCUT2D eigenvalue weighted by Crippen LogP contribution is 2.29. The lowest BCUT2D eigenvalue weighted by molar-refractivity contribution is 0.186. The zero-order valence-electron chi connectivity index (χ0n) is 14.4. The monoisotopic (exact) mass is 334 g/mol. The van der Waals surface area contributed by atoms with Crippen molar-refractivity contribution in [2.75, 3.05) is 13.1 Å². The van der Waals surface area contributed by atoms with Crippen molar-refractivity contribution < 1.29 is 4.42 Å². The van der Waals surface area contributed by atoms with E-state index in [1.54, 1.807) is 12.4 Å². The number of aromatic nitrogens is 3. The van der Waals surface area contributed by atoms with Gasteiger partial charge in [-0.1, -0.05) is 29.8 Å². The maximum absolute atomic E-state index is 5.94. The Morgan fingerprint density at radius 2 is 2.16 bits per heavy atom. The van der Waals surface area contributed by atoms with Crippen LogP contribution in [0.5, 0.6) is 0 Å². The minimum absolute atomic E-state index is 0.302. The second-order valence-corrected chi connectivity index (χ2v) is 6.75. The number of hydrogen-bond acceptors (Lipinski definition) is 5. The van der Waals surface area contributed by atoms with Gasteiger partial charge in [-0.15, -0.1) is 10.2 Å². The Morgan fingerprint density at radius 1 is 1.20 bits per heavy atom. The van der Waals surface area contributed by atoms with E-state index in [0.717, 1.165) is 43.9 Å². The molecule has 1 fully saturated rings. The number of hydrogen-bond donors (Lipinski definition) is 0. The van der Waals surface area contributed by atoms with E-state index in [4.69, 9.17) is 4.42 Å². The highest BCUT2D eigenvalue weighted by molar-refractivity contribution is 5.50. The molecule has 0 spiro atoms. The molecule has 0 aliphatic carbocycles. The van der Waals surface area contributed by atoms with Crippen LogP contribution in [-0.4, -0.2) is 33.2 Å². The average Bonchev–Trinajstić information content (AvgIpc) is 3.13. The molecule has 4 rings (SSSR count). The number of benzene rings is 1. The van der Waals surface area contributed by atoms with Crippen molar-refractivity contribution >= 4 is 0 Å². The summed E-state index contributed by atoms with van der Waals surface area (Å²) in [6.45, 7) is 5.19. The summed E-state index contributed by atoms with van der Waals surface area (Å²) in [5, 5.41) is 8.51. The smallest absolute Gasteiger partial charge is 0.249 e. The quantitative estimate of drug-likeness (QED) is 0.726. The largest absolute Gasteiger partial charge is 0.420 e. The summed E-state index contributed by atoms with van der Waals surface area (Å²) in [4.78, 5) is 6.60. The van der Waals surface area contributed by atoms with E-state index in [-0.39, 0.29) is 0 Å². The fraction of sp³-hybridized carbons (Fsp3) is 0.350. The van der Waals surface area contributed by atoms with Crippen LogP contribution in [0.4, 0.5) is 0 Å². The van der Waals surface area contributed by atoms with Crippen LogP contribution in [0.15, 0.2) is 53.2 Å². The summed E-state index contributed by atoms with van der Waals surface area (Å²) in [5.74, 6) is 1.60. The van der Waals surface area contributed by atoms with Crippen molar-refractivity contribution in [1.29, 1.82) is 0 Å². The van der Waals surface area contributed by atoms with Crippen LogP contribution in [-0.2, 0) is 6.54 Å². The Hall–Kier alpha value is -2.53. The molecule has 3 aromatic rings. The van der Waals surface area contributed by atoms with E-state index in [1.165, 1.54) is 11.1 Å². The van der Waals surface area contributed by atoms with Gasteiger partial charge in [0, 0.05) is 25.5 Å². The summed E-state index contributed by atoms with van der Waals surface area (Å²) >= 11 is 0. The van der Waals surface area contributed by atoms with E-state index in [1.807, 2.05) is 12.1 Å². The van der Waals surface area contributed by atoms with E-state index >= 15 is 0 Å². The molecule has 0 N–H and O–H groups in total. The minimum atomic E-state index is 0.302. The molecular formula is C20H22N4O. The van der Waals surface area contributed by atoms with Gasteiger partial charge in [-0.05, 0) is 44.0 Å². The number of likely N-dealkylation sites (tertiary alicyclic amines) is 1. The standard InChI is InChI=1S/C20H22N4O/c1-15-5-2-6-16(11-15)13-24-10-4-8-18(14-24)20-23-22-19(25-20)17-7-3-9-21-12-17/h2-3,5-7,9,11-12,18H,4,8,10,13-14H2,1H3/t18-/m1/s1. The molecule has 0 radical (unpaired) electrons. The lowest BCUT2D eigenvalue weighted by atomic mass is 9.97. The molecule has 5 nitrogen and oxygen atoms in total. The first-order valence-electron chi connectivity index (χ1n) is 8.79. The van der Waals surface area contributed by atoms with Crippen molar-refractivity contribution in [3.8, 4) is 11.5 Å². The van der Waals surface area contributed by atoms with Crippen LogP contribution >= 0.6 is 0 Å². The minimum Gasteiger partial charge on any atom is -0.420 e. The molecule has 0 saturated carbocycles. The fourth-order valence-corrected chi connectivity index (χ4v) is 3.47. The van der Waals surface area contributed by atoms with Gasteiger partial charge in [0.1, 0.15) is 0 Å². The predicted molar refractivity (Wildman–Crippen MR) is 96.0 cm³/mol. The molecule has 128 valence electrons. The Morgan fingerprint density at radius 3 is 3.00 bits per heavy atom. The van der Waals surface area contributed by atoms with E-state index < -0.39 is 0 Å². The first-order chi connectivity index (χ1) is 12.3. The van der Waals surface area contributed by atoms with E-state index in [9.17, 15) is 0 Å². The molecule has 0 bridgehead atoms. The van der Waals surface area contributed by atoms with Gasteiger partial charge < -0.3 is 4.42 Å². The van der Waals surface area contributed by atoms with Crippen LogP contribution in [0.25, 0.3) is 11.5 Å². The first-order valence-corrected chi connectivity index (χ1v) is 8.79. The molecule has 5 heteroatoms. The van der Waals surface area contributed by atoms with Crippen LogP contribution < -0.4 is 0 Å². The van der Waals surface area contributed by atoms with Crippen molar-refractivity contribution in [2.24, 2.45) is 0 Å². The average molecular weight is 334 g/mol. The van der Waals surface area contributed by atoms with Crippen molar-refractivity contribution in [2.45, 2.75) is 32.2 Å². The van der Waals surface area contributed by atoms with Crippen LogP contribution in [0.2, 0.25) is 0 Å². The summed E-state index contributed by atoms with van der Waals surface area (Å²) in [6.07, 6.45) is 5.74. The topological polar surface area (TPSA) is 55.1 Å². The highest BCUT2D eigenvalue weighted by atomic mass is 16.4. The van der Waals surface area contributed by atoms with Crippen LogP contribution in [0.1, 0.15) is 35.8 Å². The molecule has 0 unspecified atom stereocenters. The van der Waals surface area contributed by atoms with E-state index in [0.29, 0.717) is 11.8 Å². The third-order valence-electron chi connectivity index (χ3n) is 4.69. The van der Waals surface area contributed by atoms with Gasteiger partial charge >= 0.3 is 0 Å². The maximum Gasteiger partial charge on any atom is 0.249 e. The zero-order chi connectivity index (χ0) is 17.1. The normalized spacial score (nSPS) is 18.4. The molecule has 2 aromatic heterocycles. The summed E-state index contributed by atoms with van der Waals surface area (Å²) in [7, 11) is 0. The molecule has 1 aliphatic rings. The van der Waals surface area contributed by atoms with E-state index in [2.05, 4.69) is 51.3 Å². The Labute approximate surface area is 147 Å². The molecule has 1 atom stereocenters. The van der Waals surface area contributed by atoms with Gasteiger partial charge in [-0.2, -0.15) is 0 Å². The van der Waals surface area contributed by atoms with Gasteiger partial charge in [-0.25, -0.2) is 0 Å². The number of pyridine rings is 1. The van der Waals surface area contributed by atoms with Gasteiger partial charge in [0.05, 0.1) is 11.5 Å². The van der Waals surface area contributed by atoms with Gasteiger partial charge in [0.2, 0.25) is 11.8 Å². The van der Waals surface area contributed by atoms with Gasteiger partial charge in [0.15, 0.2) is 0 Å². The van der Waals surface area contributed by atoms with Crippen molar-refractivity contribution in [3.05, 3.63) is 65.8 Å². The van der Waals surface area contributed by atoms with Crippen LogP contribution in [0, 0.1) is 6.92 Å². The molecule has 3 heterocycles. The number of piperidine rings is 1. The molecule has 1 aromatic carbocycles. The Bertz CT molecular complexity index is 830. The lowest BCUT2D eigenvalue weighted by Gasteiger charge is -2.31.